The summed E-state index contributed by atoms with van der Waals surface area (Å²) in [5.41, 5.74) is 0.767. The van der Waals surface area contributed by atoms with Crippen molar-refractivity contribution in [3.8, 4) is 0 Å². The Labute approximate surface area is 129 Å². The Kier molecular flexibility index (Phi) is 6.94. The Hall–Kier alpha value is -2.38. The summed E-state index contributed by atoms with van der Waals surface area (Å²) in [5, 5.41) is 15.6. The number of benzene rings is 1. The molecule has 0 aliphatic rings. The second-order valence-corrected chi connectivity index (χ2v) is 4.35. The molecule has 0 spiro atoms. The molecule has 0 aliphatic carbocycles. The number of rotatable bonds is 10. The maximum atomic E-state index is 11.8. The summed E-state index contributed by atoms with van der Waals surface area (Å²) in [5.74, 6) is -1.33. The largest absolute Gasteiger partial charge is 0.480 e. The molecule has 3 N–H and O–H groups in total. The average Bonchev–Trinajstić information content (AvgIpc) is 2.55. The van der Waals surface area contributed by atoms with Crippen molar-refractivity contribution in [2.24, 2.45) is 0 Å². The maximum absolute atomic E-state index is 11.8. The zero-order chi connectivity index (χ0) is 17.1. The van der Waals surface area contributed by atoms with Crippen LogP contribution in [0.2, 0.25) is 0 Å². The molecule has 1 aromatic rings. The Morgan fingerprint density at radius 1 is 1.41 bits per heavy atom. The second-order valence-electron chi connectivity index (χ2n) is 4.35. The van der Waals surface area contributed by atoms with Gasteiger partial charge in [-0.2, -0.15) is 0 Å². The van der Waals surface area contributed by atoms with E-state index >= 15 is 0 Å². The van der Waals surface area contributed by atoms with Crippen LogP contribution in [0.5, 0.6) is 0 Å². The van der Waals surface area contributed by atoms with E-state index in [4.69, 9.17) is 10.9 Å². The van der Waals surface area contributed by atoms with Gasteiger partial charge in [0.05, 0.1) is 13.2 Å². The number of hydrogen-bond donors (Lipinski definition) is 3. The molecule has 120 valence electrons. The molecule has 7 heteroatoms. The van der Waals surface area contributed by atoms with Gasteiger partial charge in [-0.1, -0.05) is 36.4 Å². The minimum atomic E-state index is -1.41. The molecule has 0 bridgehead atoms. The molecule has 1 amide bonds. The molecule has 1 unspecified atom stereocenters. The molecule has 0 fully saturated rings. The number of amides is 1. The van der Waals surface area contributed by atoms with Crippen molar-refractivity contribution in [1.82, 2.24) is 5.32 Å². The van der Waals surface area contributed by atoms with E-state index in [9.17, 15) is 14.7 Å². The molecule has 1 aromatic carbocycles. The number of carboxylic acid groups (broad SMARTS) is 1. The van der Waals surface area contributed by atoms with E-state index in [-0.39, 0.29) is 19.8 Å². The number of carboxylic acids is 1. The number of ether oxygens (including phenoxy) is 2. The number of alkyl carbamates (subject to hydrolysis) is 1. The van der Waals surface area contributed by atoms with Crippen LogP contribution in [0.1, 0.15) is 5.56 Å². The van der Waals surface area contributed by atoms with Crippen LogP contribution in [-0.2, 0) is 20.9 Å². The van der Waals surface area contributed by atoms with Crippen LogP contribution in [0, 0.1) is 0 Å². The van der Waals surface area contributed by atoms with Crippen LogP contribution in [0.25, 0.3) is 0 Å². The van der Waals surface area contributed by atoms with Crippen LogP contribution in [0.3, 0.4) is 0 Å². The first-order chi connectivity index (χ1) is 11.1. The lowest BCUT2D eigenvalue weighted by Crippen LogP contribution is -2.51. The van der Waals surface area contributed by atoms with E-state index in [2.05, 4.69) is 17.0 Å². The zero-order valence-electron chi connectivity index (χ0n) is 12.9. The van der Waals surface area contributed by atoms with Gasteiger partial charge in [0.1, 0.15) is 12.7 Å². The predicted molar refractivity (Wildman–Crippen MR) is 78.2 cm³/mol. The third-order valence-electron chi connectivity index (χ3n) is 2.72. The number of hydrogen-bond acceptors (Lipinski definition) is 5. The van der Waals surface area contributed by atoms with E-state index in [1.54, 1.807) is 24.3 Å². The number of aliphatic carboxylic acids is 1. The summed E-state index contributed by atoms with van der Waals surface area (Å²) in [4.78, 5) is 23.0. The van der Waals surface area contributed by atoms with E-state index in [1.165, 1.54) is 6.08 Å². The zero-order valence-corrected chi connectivity index (χ0v) is 11.9. The van der Waals surface area contributed by atoms with Gasteiger partial charge in [-0.25, -0.2) is 9.59 Å². The fourth-order valence-corrected chi connectivity index (χ4v) is 1.64. The summed E-state index contributed by atoms with van der Waals surface area (Å²) in [6.45, 7) is 3.18. The summed E-state index contributed by atoms with van der Waals surface area (Å²) in [6.07, 6.45) is -0.533. The third kappa shape index (κ3) is 5.94. The molecular weight excluding hydrogens is 290 g/mol. The van der Waals surface area contributed by atoms with Crippen molar-refractivity contribution in [2.45, 2.75) is 18.8 Å². The van der Waals surface area contributed by atoms with Gasteiger partial charge in [0.2, 0.25) is 1.43 Å². The van der Waals surface area contributed by atoms with Crippen LogP contribution in [0.4, 0.5) is 4.79 Å². The van der Waals surface area contributed by atoms with Crippen LogP contribution in [0.15, 0.2) is 43.0 Å². The molecule has 0 aliphatic heterocycles. The Balaban J connectivity index is 2.60. The standard InChI is InChI=1S/C15H19NO6/c1-2-8-21-12(9-17)13(14(18)19)16-15(20)22-10-11-6-4-3-5-7-11/h2-7,12-13,17H,1,8-10H2,(H,16,20)(H,18,19)/t12?,13-/m0/s1/i17T. The van der Waals surface area contributed by atoms with Crippen LogP contribution >= 0.6 is 0 Å². The lowest BCUT2D eigenvalue weighted by atomic mass is 10.1. The smallest absolute Gasteiger partial charge is 0.408 e. The third-order valence-corrected chi connectivity index (χ3v) is 2.72. The van der Waals surface area contributed by atoms with Gasteiger partial charge in [0, 0.05) is 0 Å². The monoisotopic (exact) mass is 311 g/mol. The first-order valence-electron chi connectivity index (χ1n) is 7.00. The molecule has 22 heavy (non-hydrogen) atoms. The van der Waals surface area contributed by atoms with E-state index < -0.39 is 24.2 Å². The van der Waals surface area contributed by atoms with Crippen molar-refractivity contribution in [3.63, 3.8) is 0 Å². The number of carbonyl (C=O) groups is 2. The van der Waals surface area contributed by atoms with Gasteiger partial charge in [0.25, 0.3) is 0 Å². The summed E-state index contributed by atoms with van der Waals surface area (Å²) in [6, 6.07) is 7.54. The van der Waals surface area contributed by atoms with E-state index in [1.807, 2.05) is 6.07 Å². The highest BCUT2D eigenvalue weighted by Gasteiger charge is 2.30. The predicted octanol–water partition coefficient (Wildman–Crippen LogP) is 0.929. The summed E-state index contributed by atoms with van der Waals surface area (Å²) in [7, 11) is 0. The fraction of sp³-hybridized carbons (Fsp3) is 0.333. The van der Waals surface area contributed by atoms with Gasteiger partial charge in [-0.15, -0.1) is 6.58 Å². The summed E-state index contributed by atoms with van der Waals surface area (Å²) >= 11 is 0. The van der Waals surface area contributed by atoms with E-state index in [0.29, 0.717) is 0 Å². The first-order valence-corrected chi connectivity index (χ1v) is 6.59. The minimum Gasteiger partial charge on any atom is -0.480 e. The molecule has 7 nitrogen and oxygen atoms in total. The topological polar surface area (TPSA) is 105 Å². The van der Waals surface area contributed by atoms with Gasteiger partial charge in [-0.05, 0) is 5.56 Å². The Bertz CT molecular complexity index is 510. The Morgan fingerprint density at radius 2 is 2.14 bits per heavy atom. The number of aliphatic hydroxyl groups excluding tert-OH is 1. The van der Waals surface area contributed by atoms with Crippen molar-refractivity contribution >= 4 is 12.1 Å². The normalized spacial score (nSPS) is 13.5. The molecule has 2 atom stereocenters. The maximum Gasteiger partial charge on any atom is 0.408 e. The van der Waals surface area contributed by atoms with Crippen LogP contribution < -0.4 is 5.32 Å². The van der Waals surface area contributed by atoms with Crippen LogP contribution in [-0.4, -0.2) is 49.1 Å². The Morgan fingerprint density at radius 3 is 2.73 bits per heavy atom. The SMILES string of the molecule is [3H]OCC(OCC=C)[C@H](NC(=O)OCc1ccccc1)C(=O)O. The van der Waals surface area contributed by atoms with Gasteiger partial charge >= 0.3 is 12.1 Å². The van der Waals surface area contributed by atoms with Crippen molar-refractivity contribution < 1.29 is 29.3 Å². The van der Waals surface area contributed by atoms with Crippen molar-refractivity contribution in [3.05, 3.63) is 48.6 Å². The lowest BCUT2D eigenvalue weighted by Gasteiger charge is -2.22. The fourth-order valence-electron chi connectivity index (χ4n) is 1.64. The molecule has 0 saturated heterocycles. The number of nitrogens with one attached hydrogen (secondary N) is 1. The highest BCUT2D eigenvalue weighted by molar-refractivity contribution is 5.80. The molecule has 1 rings (SSSR count). The summed E-state index contributed by atoms with van der Waals surface area (Å²) < 4.78 is 16.9. The number of carbonyl (C=O) groups excluding carboxylic acids is 1. The average molecular weight is 311 g/mol. The van der Waals surface area contributed by atoms with Crippen molar-refractivity contribution in [1.29, 1.82) is 1.43 Å². The first kappa shape index (κ1) is 16.0. The highest BCUT2D eigenvalue weighted by atomic mass is 16.6. The molecule has 0 radical (unpaired) electrons. The molecule has 0 aromatic heterocycles. The highest BCUT2D eigenvalue weighted by Crippen LogP contribution is 2.04. The molecule has 0 heterocycles. The number of aliphatic hydroxyl groups is 1. The van der Waals surface area contributed by atoms with Gasteiger partial charge in [-0.3, -0.25) is 0 Å². The van der Waals surface area contributed by atoms with E-state index in [0.717, 1.165) is 5.56 Å². The quantitative estimate of drug-likeness (QED) is 0.555. The minimum absolute atomic E-state index is 0.00609. The van der Waals surface area contributed by atoms with Gasteiger partial charge < -0.3 is 25.0 Å². The molecule has 0 saturated carbocycles. The van der Waals surface area contributed by atoms with Crippen molar-refractivity contribution in [2.75, 3.05) is 13.2 Å². The molecular formula is C15H19NO6. The van der Waals surface area contributed by atoms with Gasteiger partial charge in [0.15, 0.2) is 6.04 Å². The second kappa shape index (κ2) is 9.54. The lowest BCUT2D eigenvalue weighted by molar-refractivity contribution is -0.144.